The number of carbonyl (C=O) groups is 4. The van der Waals surface area contributed by atoms with Crippen molar-refractivity contribution < 1.29 is 28.7 Å². The fourth-order valence-corrected chi connectivity index (χ4v) is 2.29. The van der Waals surface area contributed by atoms with Crippen molar-refractivity contribution in [3.05, 3.63) is 71.8 Å². The minimum Gasteiger partial charge on any atom is -0.445 e. The molecule has 134 valence electrons. The van der Waals surface area contributed by atoms with Gasteiger partial charge in [-0.25, -0.2) is 9.59 Å². The smallest absolute Gasteiger partial charge is 0.339 e. The molecule has 2 aromatic carbocycles. The maximum Gasteiger partial charge on any atom is 0.339 e. The van der Waals surface area contributed by atoms with E-state index in [9.17, 15) is 19.2 Å². The fourth-order valence-electron chi connectivity index (χ4n) is 1.97. The molecule has 0 unspecified atom stereocenters. The van der Waals surface area contributed by atoms with Gasteiger partial charge in [0.1, 0.15) is 0 Å². The summed E-state index contributed by atoms with van der Waals surface area (Å²) in [4.78, 5) is 47.6. The summed E-state index contributed by atoms with van der Waals surface area (Å²) in [5.74, 6) is -1.86. The summed E-state index contributed by atoms with van der Waals surface area (Å²) < 4.78 is 9.91. The van der Waals surface area contributed by atoms with Crippen LogP contribution in [0.4, 0.5) is 0 Å². The molecular formula is C18H12Cl2O6. The first-order chi connectivity index (χ1) is 12.4. The molecule has 0 aliphatic rings. The van der Waals surface area contributed by atoms with Gasteiger partial charge in [-0.15, -0.1) is 0 Å². The summed E-state index contributed by atoms with van der Waals surface area (Å²) in [7, 11) is 0. The number of esters is 2. The summed E-state index contributed by atoms with van der Waals surface area (Å²) in [6, 6.07) is 15.4. The second kappa shape index (κ2) is 9.12. The predicted molar refractivity (Wildman–Crippen MR) is 93.0 cm³/mol. The maximum atomic E-state index is 12.1. The van der Waals surface area contributed by atoms with Crippen molar-refractivity contribution in [2.24, 2.45) is 0 Å². The van der Waals surface area contributed by atoms with E-state index in [0.717, 1.165) is 0 Å². The van der Waals surface area contributed by atoms with Crippen LogP contribution in [0.1, 0.15) is 20.7 Å². The Morgan fingerprint density at radius 2 is 0.923 bits per heavy atom. The van der Waals surface area contributed by atoms with Crippen LogP contribution in [0.2, 0.25) is 0 Å². The third-order valence-corrected chi connectivity index (χ3v) is 3.64. The predicted octanol–water partition coefficient (Wildman–Crippen LogP) is 2.97. The Hall–Kier alpha value is -2.70. The first-order valence-electron chi connectivity index (χ1n) is 7.31. The average Bonchev–Trinajstić information content (AvgIpc) is 2.65. The highest BCUT2D eigenvalue weighted by Gasteiger charge is 2.39. The van der Waals surface area contributed by atoms with Gasteiger partial charge in [0.25, 0.3) is 10.5 Å². The van der Waals surface area contributed by atoms with Crippen molar-refractivity contribution >= 4 is 45.6 Å². The van der Waals surface area contributed by atoms with E-state index in [0.29, 0.717) is 0 Å². The van der Waals surface area contributed by atoms with Gasteiger partial charge in [-0.2, -0.15) is 0 Å². The van der Waals surface area contributed by atoms with Crippen LogP contribution in [0.3, 0.4) is 0 Å². The third kappa shape index (κ3) is 5.15. The minimum absolute atomic E-state index is 0.116. The van der Waals surface area contributed by atoms with Crippen molar-refractivity contribution in [1.29, 1.82) is 0 Å². The molecule has 0 heterocycles. The highest BCUT2D eigenvalue weighted by Crippen LogP contribution is 2.16. The van der Waals surface area contributed by atoms with Crippen molar-refractivity contribution in [2.75, 3.05) is 0 Å². The van der Waals surface area contributed by atoms with Gasteiger partial charge in [-0.1, -0.05) is 36.4 Å². The number of benzene rings is 2. The van der Waals surface area contributed by atoms with Gasteiger partial charge < -0.3 is 9.47 Å². The van der Waals surface area contributed by atoms with Crippen molar-refractivity contribution in [1.82, 2.24) is 0 Å². The van der Waals surface area contributed by atoms with Crippen molar-refractivity contribution in [3.8, 4) is 0 Å². The molecule has 6 nitrogen and oxygen atoms in total. The van der Waals surface area contributed by atoms with Gasteiger partial charge in [0.05, 0.1) is 11.1 Å². The van der Waals surface area contributed by atoms with Gasteiger partial charge in [-0.05, 0) is 47.5 Å². The zero-order valence-electron chi connectivity index (χ0n) is 13.1. The second-order valence-electron chi connectivity index (χ2n) is 4.99. The summed E-state index contributed by atoms with van der Waals surface area (Å²) in [5, 5.41) is -2.43. The van der Waals surface area contributed by atoms with Crippen molar-refractivity contribution in [2.45, 2.75) is 12.2 Å². The van der Waals surface area contributed by atoms with Gasteiger partial charge in [0.2, 0.25) is 12.2 Å². The van der Waals surface area contributed by atoms with E-state index in [-0.39, 0.29) is 11.1 Å². The van der Waals surface area contributed by atoms with E-state index in [2.05, 4.69) is 0 Å². The molecule has 2 atom stereocenters. The fraction of sp³-hybridized carbons (Fsp3) is 0.111. The molecule has 26 heavy (non-hydrogen) atoms. The standard InChI is InChI=1S/C18H12Cl2O6/c19-15(21)13(25-17(23)11-7-3-1-4-8-11)14(16(20)22)26-18(24)12-9-5-2-6-10-12/h1-10,13-14H/t13-,14-/m1/s1. The van der Waals surface area contributed by atoms with Crippen LogP contribution in [0.25, 0.3) is 0 Å². The molecule has 2 aromatic rings. The summed E-state index contributed by atoms with van der Waals surface area (Å²) in [6.07, 6.45) is -3.77. The van der Waals surface area contributed by atoms with E-state index in [1.165, 1.54) is 24.3 Å². The normalized spacial score (nSPS) is 12.5. The van der Waals surface area contributed by atoms with E-state index in [4.69, 9.17) is 32.7 Å². The topological polar surface area (TPSA) is 86.7 Å². The molecule has 0 aliphatic carbocycles. The molecule has 0 radical (unpaired) electrons. The van der Waals surface area contributed by atoms with Crippen molar-refractivity contribution in [3.63, 3.8) is 0 Å². The molecule has 2 rings (SSSR count). The summed E-state index contributed by atoms with van der Waals surface area (Å²) >= 11 is 10.9. The highest BCUT2D eigenvalue weighted by molar-refractivity contribution is 6.67. The molecule has 0 spiro atoms. The Morgan fingerprint density at radius 1 is 0.615 bits per heavy atom. The first kappa shape index (κ1) is 19.6. The molecular weight excluding hydrogens is 383 g/mol. The van der Waals surface area contributed by atoms with Gasteiger partial charge in [0, 0.05) is 0 Å². The SMILES string of the molecule is O=C(O[C@@H](C(=O)Cl)[C@@H](OC(=O)c1ccccc1)C(=O)Cl)c1ccccc1. The number of ether oxygens (including phenoxy) is 2. The van der Waals surface area contributed by atoms with Crippen LogP contribution in [0, 0.1) is 0 Å². The quantitative estimate of drug-likeness (QED) is 0.529. The lowest BCUT2D eigenvalue weighted by atomic mass is 10.2. The van der Waals surface area contributed by atoms with E-state index in [1.54, 1.807) is 36.4 Å². The Labute approximate surface area is 158 Å². The highest BCUT2D eigenvalue weighted by atomic mass is 35.5. The largest absolute Gasteiger partial charge is 0.445 e. The molecule has 0 aliphatic heterocycles. The maximum absolute atomic E-state index is 12.1. The minimum atomic E-state index is -1.89. The monoisotopic (exact) mass is 394 g/mol. The van der Waals surface area contributed by atoms with Gasteiger partial charge in [0.15, 0.2) is 0 Å². The third-order valence-electron chi connectivity index (χ3n) is 3.21. The van der Waals surface area contributed by atoms with Gasteiger partial charge >= 0.3 is 11.9 Å². The summed E-state index contributed by atoms with van der Waals surface area (Å²) in [6.45, 7) is 0. The lowest BCUT2D eigenvalue weighted by Crippen LogP contribution is -2.43. The first-order valence-corrected chi connectivity index (χ1v) is 8.06. The average molecular weight is 395 g/mol. The number of carbonyl (C=O) groups excluding carboxylic acids is 4. The summed E-state index contributed by atoms with van der Waals surface area (Å²) in [5.41, 5.74) is 0.233. The molecule has 0 bridgehead atoms. The lowest BCUT2D eigenvalue weighted by Gasteiger charge is -2.21. The molecule has 0 fully saturated rings. The second-order valence-corrected chi connectivity index (χ2v) is 5.74. The number of hydrogen-bond acceptors (Lipinski definition) is 6. The molecule has 0 N–H and O–H groups in total. The van der Waals surface area contributed by atoms with Crippen LogP contribution < -0.4 is 0 Å². The Morgan fingerprint density at radius 3 is 1.19 bits per heavy atom. The Balaban J connectivity index is 2.20. The number of rotatable bonds is 7. The zero-order chi connectivity index (χ0) is 19.1. The zero-order valence-corrected chi connectivity index (χ0v) is 14.6. The molecule has 0 amide bonds. The molecule has 0 aromatic heterocycles. The van der Waals surface area contributed by atoms with Crippen LogP contribution >= 0.6 is 23.2 Å². The molecule has 0 saturated carbocycles. The molecule has 8 heteroatoms. The van der Waals surface area contributed by atoms with Crippen LogP contribution in [-0.2, 0) is 19.1 Å². The van der Waals surface area contributed by atoms with Crippen LogP contribution in [-0.4, -0.2) is 34.6 Å². The lowest BCUT2D eigenvalue weighted by molar-refractivity contribution is -0.135. The molecule has 0 saturated heterocycles. The van der Waals surface area contributed by atoms with E-state index >= 15 is 0 Å². The number of hydrogen-bond donors (Lipinski definition) is 0. The van der Waals surface area contributed by atoms with E-state index in [1.807, 2.05) is 0 Å². The van der Waals surface area contributed by atoms with Gasteiger partial charge in [-0.3, -0.25) is 9.59 Å². The Kier molecular flexibility index (Phi) is 6.89. The Bertz CT molecular complexity index is 737. The number of halogens is 2. The van der Waals surface area contributed by atoms with Crippen LogP contribution in [0.15, 0.2) is 60.7 Å². The van der Waals surface area contributed by atoms with Crippen LogP contribution in [0.5, 0.6) is 0 Å². The van der Waals surface area contributed by atoms with E-state index < -0.39 is 34.6 Å².